The van der Waals surface area contributed by atoms with E-state index in [9.17, 15) is 20.0 Å². The van der Waals surface area contributed by atoms with Crippen molar-refractivity contribution in [3.05, 3.63) is 89.0 Å². The largest absolute Gasteiger partial charge is 0.493 e. The third-order valence-corrected chi connectivity index (χ3v) is 5.85. The van der Waals surface area contributed by atoms with Gasteiger partial charge in [-0.15, -0.1) is 0 Å². The van der Waals surface area contributed by atoms with E-state index in [1.54, 1.807) is 30.3 Å². The van der Waals surface area contributed by atoms with E-state index in [0.29, 0.717) is 35.6 Å². The van der Waals surface area contributed by atoms with Gasteiger partial charge >= 0.3 is 5.97 Å². The fourth-order valence-electron chi connectivity index (χ4n) is 3.89. The molecule has 2 N–H and O–H groups in total. The fourth-order valence-corrected chi connectivity index (χ4v) is 3.89. The van der Waals surface area contributed by atoms with Gasteiger partial charge in [0.25, 0.3) is 5.91 Å². The van der Waals surface area contributed by atoms with E-state index in [4.69, 9.17) is 9.47 Å². The van der Waals surface area contributed by atoms with Crippen molar-refractivity contribution in [2.24, 2.45) is 0 Å². The molecule has 1 aliphatic heterocycles. The number of benzene rings is 3. The van der Waals surface area contributed by atoms with Crippen LogP contribution in [0, 0.1) is 11.3 Å². The van der Waals surface area contributed by atoms with Crippen LogP contribution < -0.4 is 14.8 Å². The maximum atomic E-state index is 12.5. The molecule has 4 rings (SSSR count). The number of aliphatic carboxylic acids is 1. The monoisotopic (exact) mass is 456 g/mol. The van der Waals surface area contributed by atoms with Gasteiger partial charge in [0.15, 0.2) is 0 Å². The summed E-state index contributed by atoms with van der Waals surface area (Å²) in [6.45, 7) is 2.85. The second kappa shape index (κ2) is 10.1. The minimum absolute atomic E-state index is 0.184. The Hall–Kier alpha value is -4.31. The number of carbonyl (C=O) groups is 2. The molecule has 1 aliphatic rings. The van der Waals surface area contributed by atoms with E-state index in [1.807, 2.05) is 30.3 Å². The molecule has 3 aromatic rings. The van der Waals surface area contributed by atoms with Crippen LogP contribution in [0.1, 0.15) is 52.2 Å². The minimum atomic E-state index is -0.950. The summed E-state index contributed by atoms with van der Waals surface area (Å²) < 4.78 is 11.5. The van der Waals surface area contributed by atoms with Crippen molar-refractivity contribution < 1.29 is 24.2 Å². The molecule has 1 heterocycles. The molecule has 7 heteroatoms. The maximum absolute atomic E-state index is 12.5. The maximum Gasteiger partial charge on any atom is 0.311 e. The second-order valence-corrected chi connectivity index (χ2v) is 8.17. The number of amides is 1. The number of nitriles is 1. The molecule has 1 amide bonds. The minimum Gasteiger partial charge on any atom is -0.493 e. The van der Waals surface area contributed by atoms with Crippen LogP contribution in [0.3, 0.4) is 0 Å². The summed E-state index contributed by atoms with van der Waals surface area (Å²) in [7, 11) is 0. The van der Waals surface area contributed by atoms with Gasteiger partial charge in [0.1, 0.15) is 23.3 Å². The molecule has 0 aromatic heterocycles. The summed E-state index contributed by atoms with van der Waals surface area (Å²) in [4.78, 5) is 24.1. The molecule has 7 nitrogen and oxygen atoms in total. The van der Waals surface area contributed by atoms with E-state index < -0.39 is 11.9 Å². The average molecular weight is 456 g/mol. The van der Waals surface area contributed by atoms with Gasteiger partial charge in [0.2, 0.25) is 0 Å². The average Bonchev–Trinajstić information content (AvgIpc) is 2.87. The van der Waals surface area contributed by atoms with Gasteiger partial charge in [0, 0.05) is 23.7 Å². The SMILES string of the molecule is C[C@H](CNC(=O)c1ccc(Oc2cc3c(cc2C#N)C(C(=O)O)CCO3)cc1)c1ccccc1. The van der Waals surface area contributed by atoms with Crippen LogP contribution in [-0.4, -0.2) is 30.1 Å². The number of rotatable bonds is 7. The number of hydrogen-bond acceptors (Lipinski definition) is 5. The summed E-state index contributed by atoms with van der Waals surface area (Å²) in [5, 5.41) is 21.9. The molecule has 172 valence electrons. The Morgan fingerprint density at radius 3 is 2.59 bits per heavy atom. The fraction of sp³-hybridized carbons (Fsp3) is 0.222. The van der Waals surface area contributed by atoms with Crippen molar-refractivity contribution in [3.8, 4) is 23.3 Å². The van der Waals surface area contributed by atoms with Crippen molar-refractivity contribution >= 4 is 11.9 Å². The number of fused-ring (bicyclic) bond motifs is 1. The molecule has 0 saturated carbocycles. The first-order valence-electron chi connectivity index (χ1n) is 11.0. The predicted molar refractivity (Wildman–Crippen MR) is 125 cm³/mol. The lowest BCUT2D eigenvalue weighted by Crippen LogP contribution is -2.27. The molecule has 3 aromatic carbocycles. The first kappa shape index (κ1) is 22.9. The first-order chi connectivity index (χ1) is 16.5. The second-order valence-electron chi connectivity index (χ2n) is 8.17. The van der Waals surface area contributed by atoms with Crippen molar-refractivity contribution in [3.63, 3.8) is 0 Å². The Morgan fingerprint density at radius 2 is 1.91 bits per heavy atom. The van der Waals surface area contributed by atoms with Crippen molar-refractivity contribution in [2.45, 2.75) is 25.2 Å². The summed E-state index contributed by atoms with van der Waals surface area (Å²) in [6.07, 6.45) is 0.348. The van der Waals surface area contributed by atoms with Crippen LogP contribution in [-0.2, 0) is 4.79 Å². The lowest BCUT2D eigenvalue weighted by atomic mass is 9.91. The third kappa shape index (κ3) is 5.02. The van der Waals surface area contributed by atoms with Crippen LogP contribution in [0.15, 0.2) is 66.7 Å². The Kier molecular flexibility index (Phi) is 6.79. The molecule has 0 bridgehead atoms. The van der Waals surface area contributed by atoms with Crippen LogP contribution >= 0.6 is 0 Å². The van der Waals surface area contributed by atoms with Gasteiger partial charge in [0.05, 0.1) is 18.1 Å². The van der Waals surface area contributed by atoms with Gasteiger partial charge in [-0.3, -0.25) is 9.59 Å². The van der Waals surface area contributed by atoms with Crippen LogP contribution in [0.25, 0.3) is 0 Å². The van der Waals surface area contributed by atoms with E-state index >= 15 is 0 Å². The number of carbonyl (C=O) groups excluding carboxylic acids is 1. The Bertz CT molecular complexity index is 1230. The number of nitrogens with one attached hydrogen (secondary N) is 1. The lowest BCUT2D eigenvalue weighted by Gasteiger charge is -2.24. The smallest absolute Gasteiger partial charge is 0.311 e. The molecule has 0 aliphatic carbocycles. The highest BCUT2D eigenvalue weighted by Gasteiger charge is 2.29. The van der Waals surface area contributed by atoms with E-state index in [1.165, 1.54) is 6.07 Å². The number of ether oxygens (including phenoxy) is 2. The van der Waals surface area contributed by atoms with Crippen molar-refractivity contribution in [2.75, 3.05) is 13.2 Å². The summed E-state index contributed by atoms with van der Waals surface area (Å²) >= 11 is 0. The molecule has 2 atom stereocenters. The predicted octanol–water partition coefficient (Wildman–Crippen LogP) is 4.83. The van der Waals surface area contributed by atoms with Gasteiger partial charge < -0.3 is 19.9 Å². The van der Waals surface area contributed by atoms with Crippen LogP contribution in [0.2, 0.25) is 0 Å². The molecule has 0 fully saturated rings. The number of carboxylic acid groups (broad SMARTS) is 1. The topological polar surface area (TPSA) is 109 Å². The summed E-state index contributed by atoms with van der Waals surface area (Å²) in [5.41, 5.74) is 2.33. The number of nitrogens with zero attached hydrogens (tertiary/aromatic N) is 1. The lowest BCUT2D eigenvalue weighted by molar-refractivity contribution is -0.139. The molecular weight excluding hydrogens is 432 g/mol. The summed E-state index contributed by atoms with van der Waals surface area (Å²) in [5.74, 6) is -0.562. The van der Waals surface area contributed by atoms with Crippen LogP contribution in [0.4, 0.5) is 0 Å². The van der Waals surface area contributed by atoms with Gasteiger partial charge in [-0.25, -0.2) is 0 Å². The van der Waals surface area contributed by atoms with Gasteiger partial charge in [-0.1, -0.05) is 37.3 Å². The zero-order valence-electron chi connectivity index (χ0n) is 18.7. The third-order valence-electron chi connectivity index (χ3n) is 5.85. The molecule has 0 saturated heterocycles. The Balaban J connectivity index is 1.44. The van der Waals surface area contributed by atoms with Gasteiger partial charge in [-0.2, -0.15) is 5.26 Å². The Labute approximate surface area is 197 Å². The Morgan fingerprint density at radius 1 is 1.18 bits per heavy atom. The van der Waals surface area contributed by atoms with Crippen molar-refractivity contribution in [1.29, 1.82) is 5.26 Å². The molecule has 34 heavy (non-hydrogen) atoms. The molecule has 0 radical (unpaired) electrons. The molecular formula is C27H24N2O5. The van der Waals surface area contributed by atoms with Crippen molar-refractivity contribution in [1.82, 2.24) is 5.32 Å². The molecule has 0 spiro atoms. The van der Waals surface area contributed by atoms with E-state index in [-0.39, 0.29) is 29.7 Å². The van der Waals surface area contributed by atoms with Crippen LogP contribution in [0.5, 0.6) is 17.2 Å². The zero-order chi connectivity index (χ0) is 24.1. The highest BCUT2D eigenvalue weighted by Crippen LogP contribution is 2.39. The van der Waals surface area contributed by atoms with Gasteiger partial charge in [-0.05, 0) is 48.2 Å². The highest BCUT2D eigenvalue weighted by atomic mass is 16.5. The van der Waals surface area contributed by atoms with E-state index in [2.05, 4.69) is 18.3 Å². The summed E-state index contributed by atoms with van der Waals surface area (Å²) in [6, 6.07) is 21.7. The number of carboxylic acids is 1. The number of hydrogen-bond donors (Lipinski definition) is 2. The quantitative estimate of drug-likeness (QED) is 0.527. The normalized spacial score (nSPS) is 15.2. The standard InChI is InChI=1S/C27H24N2O5/c1-17(18-5-3-2-4-6-18)16-29-26(30)19-7-9-21(10-8-19)34-24-14-25-23(13-20(24)15-28)22(27(31)32)11-12-33-25/h2-10,13-14,17,22H,11-12,16H2,1H3,(H,29,30)(H,31,32)/t17-,22?/m1/s1. The highest BCUT2D eigenvalue weighted by molar-refractivity contribution is 5.94. The first-order valence-corrected chi connectivity index (χ1v) is 11.0. The molecule has 1 unspecified atom stereocenters. The van der Waals surface area contributed by atoms with E-state index in [0.717, 1.165) is 5.56 Å². The zero-order valence-corrected chi connectivity index (χ0v) is 18.7.